The van der Waals surface area contributed by atoms with E-state index in [1.807, 2.05) is 12.1 Å². The number of imide groups is 1. The van der Waals surface area contributed by atoms with E-state index in [-0.39, 0.29) is 32.3 Å². The first-order valence-electron chi connectivity index (χ1n) is 11.1. The summed E-state index contributed by atoms with van der Waals surface area (Å²) >= 11 is 12.5. The summed E-state index contributed by atoms with van der Waals surface area (Å²) in [6.45, 7) is 2.85. The van der Waals surface area contributed by atoms with Crippen molar-refractivity contribution in [2.75, 3.05) is 22.5 Å². The number of thiophene rings is 1. The van der Waals surface area contributed by atoms with Gasteiger partial charge >= 0.3 is 0 Å². The third kappa shape index (κ3) is 5.64. The molecular weight excluding hydrogens is 543 g/mol. The van der Waals surface area contributed by atoms with E-state index in [1.54, 1.807) is 30.3 Å². The van der Waals surface area contributed by atoms with Crippen LogP contribution in [-0.4, -0.2) is 38.3 Å². The van der Waals surface area contributed by atoms with Crippen LogP contribution in [0.15, 0.2) is 52.7 Å². The minimum Gasteiger partial charge on any atom is -0.385 e. The number of rotatable bonds is 9. The topological polar surface area (TPSA) is 101 Å². The predicted molar refractivity (Wildman–Crippen MR) is 142 cm³/mol. The molecule has 7 nitrogen and oxygen atoms in total. The first kappa shape index (κ1) is 26.3. The molecule has 2 aromatic carbocycles. The van der Waals surface area contributed by atoms with Crippen LogP contribution in [0.1, 0.15) is 34.8 Å². The zero-order valence-corrected chi connectivity index (χ0v) is 22.4. The Hall–Kier alpha value is -2.72. The number of ketones is 1. The molecule has 11 heteroatoms. The average molecular weight is 566 g/mol. The molecule has 188 valence electrons. The fraction of sp³-hybridized carbons (Fsp3) is 0.240. The Bertz CT molecular complexity index is 1430. The van der Waals surface area contributed by atoms with Crippen LogP contribution in [0.25, 0.3) is 0 Å². The maximum Gasteiger partial charge on any atom is 0.265 e. The fourth-order valence-electron chi connectivity index (χ4n) is 3.87. The van der Waals surface area contributed by atoms with E-state index < -0.39 is 27.3 Å². The minimum atomic E-state index is -3.86. The minimum absolute atomic E-state index is 0.0585. The molecule has 0 fully saturated rings. The number of Topliss-reactive ketones (excluding diaryl/α,β-unsaturated/α-hetero) is 1. The van der Waals surface area contributed by atoms with Gasteiger partial charge in [-0.3, -0.25) is 14.4 Å². The van der Waals surface area contributed by atoms with Gasteiger partial charge in [0.25, 0.3) is 5.91 Å². The van der Waals surface area contributed by atoms with Crippen LogP contribution < -0.4 is 10.2 Å². The Morgan fingerprint density at radius 2 is 1.81 bits per heavy atom. The molecule has 1 aromatic heterocycles. The second-order valence-corrected chi connectivity index (χ2v) is 12.6. The van der Waals surface area contributed by atoms with E-state index in [1.165, 1.54) is 6.07 Å². The van der Waals surface area contributed by atoms with Gasteiger partial charge in [0, 0.05) is 24.2 Å². The predicted octanol–water partition coefficient (Wildman–Crippen LogP) is 5.19. The summed E-state index contributed by atoms with van der Waals surface area (Å²) in [5.74, 6) is -1.94. The summed E-state index contributed by atoms with van der Waals surface area (Å²) in [7, 11) is -3.86. The molecule has 2 amide bonds. The number of hydrogen-bond donors (Lipinski definition) is 1. The number of amides is 2. The Kier molecular flexibility index (Phi) is 7.85. The summed E-state index contributed by atoms with van der Waals surface area (Å²) in [5, 5.41) is 3.38. The van der Waals surface area contributed by atoms with Crippen molar-refractivity contribution in [2.24, 2.45) is 0 Å². The highest BCUT2D eigenvalue weighted by molar-refractivity contribution is 7.94. The highest BCUT2D eigenvalue weighted by Crippen LogP contribution is 2.35. The first-order valence-corrected chi connectivity index (χ1v) is 14.3. The number of anilines is 2. The lowest BCUT2D eigenvalue weighted by Gasteiger charge is -2.27. The number of nitrogens with zero attached hydrogens (tertiary/aromatic N) is 1. The second kappa shape index (κ2) is 10.7. The van der Waals surface area contributed by atoms with Crippen LogP contribution in [0, 0.1) is 0 Å². The lowest BCUT2D eigenvalue weighted by atomic mass is 9.97. The lowest BCUT2D eigenvalue weighted by molar-refractivity contribution is -0.118. The van der Waals surface area contributed by atoms with Crippen LogP contribution >= 0.6 is 34.5 Å². The second-order valence-electron chi connectivity index (χ2n) is 8.34. The molecule has 0 aliphatic carbocycles. The molecule has 0 radical (unpaired) electrons. The number of fused-ring (bicyclic) bond motifs is 1. The van der Waals surface area contributed by atoms with Crippen LogP contribution in [0.5, 0.6) is 0 Å². The number of carbonyl (C=O) groups excluding carboxylic acids is 3. The van der Waals surface area contributed by atoms with Crippen LogP contribution in [0.3, 0.4) is 0 Å². The number of hydrogen-bond acceptors (Lipinski definition) is 7. The van der Waals surface area contributed by atoms with E-state index in [4.69, 9.17) is 23.2 Å². The van der Waals surface area contributed by atoms with Gasteiger partial charge in [-0.15, -0.1) is 11.3 Å². The lowest BCUT2D eigenvalue weighted by Crippen LogP contribution is -2.42. The number of carbonyl (C=O) groups is 3. The van der Waals surface area contributed by atoms with E-state index in [0.717, 1.165) is 34.9 Å². The molecule has 2 heterocycles. The summed E-state index contributed by atoms with van der Waals surface area (Å²) in [5.41, 5.74) is 2.96. The van der Waals surface area contributed by atoms with E-state index in [9.17, 15) is 22.8 Å². The first-order chi connectivity index (χ1) is 17.1. The highest BCUT2D eigenvalue weighted by Gasteiger charge is 2.32. The monoisotopic (exact) mass is 564 g/mol. The molecule has 4 rings (SSSR count). The Balaban J connectivity index is 1.45. The Morgan fingerprint density at radius 3 is 2.44 bits per heavy atom. The molecule has 0 atom stereocenters. The van der Waals surface area contributed by atoms with Gasteiger partial charge in [-0.25, -0.2) is 13.3 Å². The highest BCUT2D eigenvalue weighted by atomic mass is 35.5. The van der Waals surface area contributed by atoms with Crippen molar-refractivity contribution in [2.45, 2.75) is 30.4 Å². The van der Waals surface area contributed by atoms with Crippen molar-refractivity contribution < 1.29 is 22.8 Å². The standard InChI is InChI=1S/C25H22Cl2N2O5S2/c1-2-9-28-17-5-8-20-16(11-17)12-22(31)29(25(20)32)18-6-3-15(4-7-18)10-19(30)14-36(33,34)23-13-21(26)24(27)35-23/h3-8,11,13,28H,2,9-10,12,14H2,1H3. The van der Waals surface area contributed by atoms with Crippen LogP contribution in [-0.2, 0) is 32.3 Å². The molecule has 0 spiro atoms. The Morgan fingerprint density at radius 1 is 1.08 bits per heavy atom. The molecule has 1 aliphatic rings. The Labute approximate surface area is 222 Å². The number of nitrogens with one attached hydrogen (secondary N) is 1. The van der Waals surface area contributed by atoms with Crippen molar-refractivity contribution in [3.05, 3.63) is 74.6 Å². The SMILES string of the molecule is CCCNc1ccc2c(c1)CC(=O)N(c1ccc(CC(=O)CS(=O)(=O)c3cc(Cl)c(Cl)s3)cc1)C2=O. The van der Waals surface area contributed by atoms with E-state index in [0.29, 0.717) is 22.4 Å². The quantitative estimate of drug-likeness (QED) is 0.359. The van der Waals surface area contributed by atoms with Gasteiger partial charge in [0.05, 0.1) is 17.1 Å². The smallest absolute Gasteiger partial charge is 0.265 e. The van der Waals surface area contributed by atoms with Gasteiger partial charge in [0.15, 0.2) is 15.6 Å². The summed E-state index contributed by atoms with van der Waals surface area (Å²) in [6.07, 6.45) is 0.931. The van der Waals surface area contributed by atoms with Crippen LogP contribution in [0.4, 0.5) is 11.4 Å². The summed E-state index contributed by atoms with van der Waals surface area (Å²) in [4.78, 5) is 39.5. The number of sulfone groups is 1. The van der Waals surface area contributed by atoms with E-state index >= 15 is 0 Å². The summed E-state index contributed by atoms with van der Waals surface area (Å²) < 4.78 is 25.1. The molecule has 0 bridgehead atoms. The van der Waals surface area contributed by atoms with Crippen LogP contribution in [0.2, 0.25) is 9.36 Å². The molecule has 0 saturated heterocycles. The third-order valence-corrected chi connectivity index (χ3v) is 9.69. The van der Waals surface area contributed by atoms with E-state index in [2.05, 4.69) is 12.2 Å². The van der Waals surface area contributed by atoms with Crippen molar-refractivity contribution in [3.8, 4) is 0 Å². The molecular formula is C25H22Cl2N2O5S2. The fourth-order valence-corrected chi connectivity index (χ4v) is 7.07. The zero-order valence-electron chi connectivity index (χ0n) is 19.2. The molecule has 3 aromatic rings. The number of benzene rings is 2. The molecule has 0 saturated carbocycles. The van der Waals surface area contributed by atoms with Gasteiger partial charge in [0.1, 0.15) is 14.3 Å². The maximum absolute atomic E-state index is 13.1. The summed E-state index contributed by atoms with van der Waals surface area (Å²) in [6, 6.07) is 13.0. The van der Waals surface area contributed by atoms with Gasteiger partial charge in [-0.05, 0) is 53.9 Å². The van der Waals surface area contributed by atoms with Gasteiger partial charge in [-0.1, -0.05) is 42.3 Å². The largest absolute Gasteiger partial charge is 0.385 e. The van der Waals surface area contributed by atoms with Gasteiger partial charge in [-0.2, -0.15) is 0 Å². The van der Waals surface area contributed by atoms with Gasteiger partial charge < -0.3 is 5.32 Å². The molecule has 36 heavy (non-hydrogen) atoms. The molecule has 1 aliphatic heterocycles. The van der Waals surface area contributed by atoms with Crippen molar-refractivity contribution in [1.29, 1.82) is 0 Å². The molecule has 0 unspecified atom stereocenters. The number of halogens is 2. The van der Waals surface area contributed by atoms with Crippen molar-refractivity contribution in [1.82, 2.24) is 0 Å². The zero-order chi connectivity index (χ0) is 26.0. The molecule has 1 N–H and O–H groups in total. The maximum atomic E-state index is 13.1. The average Bonchev–Trinajstić information content (AvgIpc) is 3.17. The van der Waals surface area contributed by atoms with Gasteiger partial charge in [0.2, 0.25) is 5.91 Å². The third-order valence-electron chi connectivity index (χ3n) is 5.58. The van der Waals surface area contributed by atoms with Crippen molar-refractivity contribution in [3.63, 3.8) is 0 Å². The van der Waals surface area contributed by atoms with Crippen molar-refractivity contribution >= 4 is 73.3 Å². The normalized spacial score (nSPS) is 13.6.